The first kappa shape index (κ1) is 13.9. The summed E-state index contributed by atoms with van der Waals surface area (Å²) in [7, 11) is 0. The van der Waals surface area contributed by atoms with Gasteiger partial charge in [0.1, 0.15) is 6.04 Å². The number of nitrogens with zero attached hydrogens (tertiary/aromatic N) is 1. The lowest BCUT2D eigenvalue weighted by molar-refractivity contribution is -0.123. The highest BCUT2D eigenvalue weighted by Gasteiger charge is 2.16. The van der Waals surface area contributed by atoms with Gasteiger partial charge >= 0.3 is 0 Å². The lowest BCUT2D eigenvalue weighted by Gasteiger charge is -2.16. The van der Waals surface area contributed by atoms with E-state index in [2.05, 4.69) is 19.2 Å². The molecule has 0 aliphatic heterocycles. The zero-order valence-electron chi connectivity index (χ0n) is 11.5. The van der Waals surface area contributed by atoms with E-state index in [9.17, 15) is 4.79 Å². The Kier molecular flexibility index (Phi) is 4.15. The minimum absolute atomic E-state index is 0.0335. The van der Waals surface area contributed by atoms with E-state index in [4.69, 9.17) is 11.6 Å². The Morgan fingerprint density at radius 3 is 2.74 bits per heavy atom. The molecule has 1 aromatic carbocycles. The van der Waals surface area contributed by atoms with Crippen LogP contribution in [0.4, 0.5) is 0 Å². The van der Waals surface area contributed by atoms with Gasteiger partial charge in [0.25, 0.3) is 0 Å². The van der Waals surface area contributed by atoms with Crippen LogP contribution in [0.2, 0.25) is 5.02 Å². The summed E-state index contributed by atoms with van der Waals surface area (Å²) in [5, 5.41) is 4.65. The Morgan fingerprint density at radius 2 is 2.05 bits per heavy atom. The quantitative estimate of drug-likeness (QED) is 0.910. The van der Waals surface area contributed by atoms with Crippen molar-refractivity contribution < 1.29 is 4.79 Å². The second-order valence-corrected chi connectivity index (χ2v) is 5.62. The highest BCUT2D eigenvalue weighted by atomic mass is 35.5. The minimum Gasteiger partial charge on any atom is -0.354 e. The van der Waals surface area contributed by atoms with Gasteiger partial charge in [-0.2, -0.15) is 0 Å². The van der Waals surface area contributed by atoms with Gasteiger partial charge in [-0.25, -0.2) is 0 Å². The van der Waals surface area contributed by atoms with Crippen molar-refractivity contribution in [1.82, 2.24) is 9.88 Å². The zero-order chi connectivity index (χ0) is 14.0. The molecule has 0 bridgehead atoms. The summed E-state index contributed by atoms with van der Waals surface area (Å²) in [4.78, 5) is 12.1. The molecule has 3 nitrogen and oxygen atoms in total. The third kappa shape index (κ3) is 2.92. The standard InChI is InChI=1S/C15H19ClN2O/c1-10(2)9-17-15(19)11(3)18-8-7-12-13(16)5-4-6-14(12)18/h4-8,10-11H,9H2,1-3H3,(H,17,19). The highest BCUT2D eigenvalue weighted by Crippen LogP contribution is 2.26. The summed E-state index contributed by atoms with van der Waals surface area (Å²) in [6.07, 6.45) is 1.91. The van der Waals surface area contributed by atoms with E-state index in [0.29, 0.717) is 17.5 Å². The van der Waals surface area contributed by atoms with Gasteiger partial charge in [0.2, 0.25) is 5.91 Å². The Hall–Kier alpha value is -1.48. The van der Waals surface area contributed by atoms with Crippen LogP contribution in [-0.4, -0.2) is 17.0 Å². The van der Waals surface area contributed by atoms with Gasteiger partial charge in [-0.3, -0.25) is 4.79 Å². The van der Waals surface area contributed by atoms with E-state index in [1.54, 1.807) is 0 Å². The molecule has 102 valence electrons. The van der Waals surface area contributed by atoms with Gasteiger partial charge in [0, 0.05) is 23.2 Å². The summed E-state index contributed by atoms with van der Waals surface area (Å²) in [5.41, 5.74) is 0.986. The third-order valence-corrected chi connectivity index (χ3v) is 3.52. The first-order chi connectivity index (χ1) is 9.00. The van der Waals surface area contributed by atoms with Crippen LogP contribution in [-0.2, 0) is 4.79 Å². The van der Waals surface area contributed by atoms with E-state index in [-0.39, 0.29) is 11.9 Å². The van der Waals surface area contributed by atoms with E-state index in [1.165, 1.54) is 0 Å². The van der Waals surface area contributed by atoms with Crippen molar-refractivity contribution in [3.8, 4) is 0 Å². The van der Waals surface area contributed by atoms with Gasteiger partial charge in [-0.1, -0.05) is 31.5 Å². The number of benzene rings is 1. The molecule has 1 N–H and O–H groups in total. The van der Waals surface area contributed by atoms with Crippen molar-refractivity contribution in [3.63, 3.8) is 0 Å². The van der Waals surface area contributed by atoms with Crippen LogP contribution < -0.4 is 5.32 Å². The number of aromatic nitrogens is 1. The SMILES string of the molecule is CC(C)CNC(=O)C(C)n1ccc2c(Cl)cccc21. The van der Waals surface area contributed by atoms with Crippen molar-refractivity contribution >= 4 is 28.4 Å². The molecule has 1 atom stereocenters. The van der Waals surface area contributed by atoms with Crippen LogP contribution >= 0.6 is 11.6 Å². The minimum atomic E-state index is -0.241. The number of nitrogens with one attached hydrogen (secondary N) is 1. The fraction of sp³-hybridized carbons (Fsp3) is 0.400. The summed E-state index contributed by atoms with van der Waals surface area (Å²) >= 11 is 6.14. The molecular weight excluding hydrogens is 260 g/mol. The average Bonchev–Trinajstić information content (AvgIpc) is 2.80. The number of rotatable bonds is 4. The number of carbonyl (C=O) groups excluding carboxylic acids is 1. The highest BCUT2D eigenvalue weighted by molar-refractivity contribution is 6.35. The van der Waals surface area contributed by atoms with Crippen LogP contribution in [0.3, 0.4) is 0 Å². The Balaban J connectivity index is 2.24. The summed E-state index contributed by atoms with van der Waals surface area (Å²) in [6.45, 7) is 6.75. The maximum Gasteiger partial charge on any atom is 0.242 e. The molecule has 0 radical (unpaired) electrons. The van der Waals surface area contributed by atoms with E-state index in [0.717, 1.165) is 10.9 Å². The van der Waals surface area contributed by atoms with Crippen LogP contribution in [0.5, 0.6) is 0 Å². The monoisotopic (exact) mass is 278 g/mol. The number of carbonyl (C=O) groups is 1. The predicted octanol–water partition coefficient (Wildman–Crippen LogP) is 3.63. The van der Waals surface area contributed by atoms with E-state index >= 15 is 0 Å². The molecule has 1 aromatic heterocycles. The molecule has 1 amide bonds. The van der Waals surface area contributed by atoms with E-state index in [1.807, 2.05) is 42.0 Å². The molecule has 0 aliphatic carbocycles. The molecule has 0 spiro atoms. The number of fused-ring (bicyclic) bond motifs is 1. The second kappa shape index (κ2) is 5.66. The van der Waals surface area contributed by atoms with Gasteiger partial charge in [0.05, 0.1) is 5.52 Å². The fourth-order valence-corrected chi connectivity index (χ4v) is 2.30. The van der Waals surface area contributed by atoms with Crippen molar-refractivity contribution in [1.29, 1.82) is 0 Å². The van der Waals surface area contributed by atoms with Crippen LogP contribution in [0.15, 0.2) is 30.5 Å². The Bertz CT molecular complexity index is 589. The largest absolute Gasteiger partial charge is 0.354 e. The summed E-state index contributed by atoms with van der Waals surface area (Å²) in [5.74, 6) is 0.484. The molecule has 1 unspecified atom stereocenters. The molecule has 19 heavy (non-hydrogen) atoms. The van der Waals surface area contributed by atoms with E-state index < -0.39 is 0 Å². The summed E-state index contributed by atoms with van der Waals surface area (Å²) in [6, 6.07) is 7.45. The molecule has 0 saturated carbocycles. The van der Waals surface area contributed by atoms with Crippen molar-refractivity contribution in [2.24, 2.45) is 5.92 Å². The van der Waals surface area contributed by atoms with Crippen LogP contribution in [0.1, 0.15) is 26.8 Å². The Labute approximate surface area is 118 Å². The van der Waals surface area contributed by atoms with Gasteiger partial charge < -0.3 is 9.88 Å². The maximum absolute atomic E-state index is 12.1. The summed E-state index contributed by atoms with van der Waals surface area (Å²) < 4.78 is 1.96. The molecule has 0 aliphatic rings. The van der Waals surface area contributed by atoms with Crippen LogP contribution in [0.25, 0.3) is 10.9 Å². The van der Waals surface area contributed by atoms with Gasteiger partial charge in [-0.15, -0.1) is 0 Å². The molecule has 0 fully saturated rings. The third-order valence-electron chi connectivity index (χ3n) is 3.19. The molecule has 1 heterocycles. The number of hydrogen-bond acceptors (Lipinski definition) is 1. The van der Waals surface area contributed by atoms with Crippen molar-refractivity contribution in [2.75, 3.05) is 6.54 Å². The molecule has 4 heteroatoms. The number of halogens is 1. The van der Waals surface area contributed by atoms with Gasteiger partial charge in [0.15, 0.2) is 0 Å². The average molecular weight is 279 g/mol. The first-order valence-electron chi connectivity index (χ1n) is 6.53. The molecule has 2 rings (SSSR count). The molecule has 2 aromatic rings. The molecular formula is C15H19ClN2O. The number of hydrogen-bond donors (Lipinski definition) is 1. The lowest BCUT2D eigenvalue weighted by Crippen LogP contribution is -2.33. The van der Waals surface area contributed by atoms with Crippen molar-refractivity contribution in [3.05, 3.63) is 35.5 Å². The van der Waals surface area contributed by atoms with Crippen LogP contribution in [0, 0.1) is 5.92 Å². The molecule has 0 saturated heterocycles. The zero-order valence-corrected chi connectivity index (χ0v) is 12.2. The Morgan fingerprint density at radius 1 is 1.32 bits per heavy atom. The fourth-order valence-electron chi connectivity index (χ4n) is 2.07. The normalized spacial score (nSPS) is 12.9. The van der Waals surface area contributed by atoms with Gasteiger partial charge in [-0.05, 0) is 31.0 Å². The predicted molar refractivity (Wildman–Crippen MR) is 79.5 cm³/mol. The number of amides is 1. The van der Waals surface area contributed by atoms with Crippen molar-refractivity contribution in [2.45, 2.75) is 26.8 Å². The second-order valence-electron chi connectivity index (χ2n) is 5.21. The topological polar surface area (TPSA) is 34.0 Å². The first-order valence-corrected chi connectivity index (χ1v) is 6.91. The lowest BCUT2D eigenvalue weighted by atomic mass is 10.2. The smallest absolute Gasteiger partial charge is 0.242 e. The maximum atomic E-state index is 12.1.